The number of sulfonamides is 1. The average molecular weight is 425 g/mol. The van der Waals surface area contributed by atoms with Gasteiger partial charge in [0.1, 0.15) is 18.9 Å². The van der Waals surface area contributed by atoms with E-state index in [2.05, 4.69) is 5.32 Å². The Kier molecular flexibility index (Phi) is 7.32. The predicted molar refractivity (Wildman–Crippen MR) is 113 cm³/mol. The molecule has 2 rings (SSSR count). The quantitative estimate of drug-likeness (QED) is 0.705. The second-order valence-electron chi connectivity index (χ2n) is 6.75. The fourth-order valence-corrected chi connectivity index (χ4v) is 3.59. The summed E-state index contributed by atoms with van der Waals surface area (Å²) >= 11 is 6.10. The van der Waals surface area contributed by atoms with Gasteiger partial charge >= 0.3 is 0 Å². The number of hydrogen-bond donors (Lipinski definition) is 1. The SMILES string of the molecule is Cc1ccc(N(CC(=O)NC(C)COc2ccccc2C)S(C)(=O)=O)cc1Cl. The lowest BCUT2D eigenvalue weighted by Gasteiger charge is -2.23. The minimum absolute atomic E-state index is 0.270. The number of nitrogens with one attached hydrogen (secondary N) is 1. The third-order valence-electron chi connectivity index (χ3n) is 4.12. The maximum atomic E-state index is 12.4. The van der Waals surface area contributed by atoms with E-state index in [0.717, 1.165) is 27.4 Å². The topological polar surface area (TPSA) is 75.7 Å². The Hall–Kier alpha value is -2.25. The van der Waals surface area contributed by atoms with E-state index in [0.29, 0.717) is 10.7 Å². The van der Waals surface area contributed by atoms with E-state index < -0.39 is 15.9 Å². The summed E-state index contributed by atoms with van der Waals surface area (Å²) in [5, 5.41) is 3.20. The molecule has 152 valence electrons. The third-order valence-corrected chi connectivity index (χ3v) is 5.67. The van der Waals surface area contributed by atoms with Crippen LogP contribution >= 0.6 is 11.6 Å². The standard InChI is InChI=1S/C20H25ClN2O4S/c1-14-9-10-17(11-18(14)21)23(28(4,25)26)12-20(24)22-16(3)13-27-19-8-6-5-7-15(19)2/h5-11,16H,12-13H2,1-4H3,(H,22,24). The van der Waals surface area contributed by atoms with Gasteiger partial charge in [-0.2, -0.15) is 0 Å². The monoisotopic (exact) mass is 424 g/mol. The van der Waals surface area contributed by atoms with Crippen LogP contribution in [-0.2, 0) is 14.8 Å². The highest BCUT2D eigenvalue weighted by Gasteiger charge is 2.22. The summed E-state index contributed by atoms with van der Waals surface area (Å²) < 4.78 is 31.1. The van der Waals surface area contributed by atoms with E-state index in [-0.39, 0.29) is 19.2 Å². The molecule has 8 heteroatoms. The van der Waals surface area contributed by atoms with Crippen molar-refractivity contribution in [2.24, 2.45) is 0 Å². The van der Waals surface area contributed by atoms with Crippen molar-refractivity contribution < 1.29 is 17.9 Å². The Morgan fingerprint density at radius 3 is 2.46 bits per heavy atom. The van der Waals surface area contributed by atoms with Crippen LogP contribution in [0.1, 0.15) is 18.1 Å². The molecular formula is C20H25ClN2O4S. The molecule has 1 atom stereocenters. The molecule has 1 amide bonds. The highest BCUT2D eigenvalue weighted by Crippen LogP contribution is 2.24. The molecule has 28 heavy (non-hydrogen) atoms. The fraction of sp³-hybridized carbons (Fsp3) is 0.350. The number of benzene rings is 2. The highest BCUT2D eigenvalue weighted by atomic mass is 35.5. The minimum atomic E-state index is -3.66. The number of anilines is 1. The number of carbonyl (C=O) groups is 1. The maximum absolute atomic E-state index is 12.4. The molecule has 2 aromatic rings. The molecule has 0 bridgehead atoms. The van der Waals surface area contributed by atoms with Gasteiger partial charge in [-0.05, 0) is 50.1 Å². The lowest BCUT2D eigenvalue weighted by molar-refractivity contribution is -0.120. The second-order valence-corrected chi connectivity index (χ2v) is 9.06. The van der Waals surface area contributed by atoms with Gasteiger partial charge in [0.15, 0.2) is 0 Å². The molecule has 2 aromatic carbocycles. The Morgan fingerprint density at radius 2 is 1.86 bits per heavy atom. The molecule has 6 nitrogen and oxygen atoms in total. The van der Waals surface area contributed by atoms with Crippen LogP contribution in [0, 0.1) is 13.8 Å². The van der Waals surface area contributed by atoms with Gasteiger partial charge in [-0.3, -0.25) is 9.10 Å². The number of aryl methyl sites for hydroxylation is 2. The predicted octanol–water partition coefficient (Wildman–Crippen LogP) is 3.31. The molecule has 0 saturated heterocycles. The van der Waals surface area contributed by atoms with E-state index in [1.807, 2.05) is 38.1 Å². The Bertz CT molecular complexity index is 947. The van der Waals surface area contributed by atoms with Crippen molar-refractivity contribution in [1.29, 1.82) is 0 Å². The summed E-state index contributed by atoms with van der Waals surface area (Å²) in [5.41, 5.74) is 2.17. The summed E-state index contributed by atoms with van der Waals surface area (Å²) in [4.78, 5) is 12.4. The first-order valence-corrected chi connectivity index (χ1v) is 11.0. The zero-order valence-electron chi connectivity index (χ0n) is 16.4. The number of nitrogens with zero attached hydrogens (tertiary/aromatic N) is 1. The van der Waals surface area contributed by atoms with E-state index in [4.69, 9.17) is 16.3 Å². The molecule has 1 N–H and O–H groups in total. The van der Waals surface area contributed by atoms with Gasteiger partial charge in [0.05, 0.1) is 18.0 Å². The van der Waals surface area contributed by atoms with Crippen molar-refractivity contribution in [1.82, 2.24) is 5.32 Å². The lowest BCUT2D eigenvalue weighted by atomic mass is 10.2. The van der Waals surface area contributed by atoms with Crippen molar-refractivity contribution in [2.45, 2.75) is 26.8 Å². The zero-order valence-corrected chi connectivity index (χ0v) is 18.0. The van der Waals surface area contributed by atoms with Crippen LogP contribution in [0.25, 0.3) is 0 Å². The van der Waals surface area contributed by atoms with Crippen molar-refractivity contribution in [2.75, 3.05) is 23.7 Å². The lowest BCUT2D eigenvalue weighted by Crippen LogP contribution is -2.44. The van der Waals surface area contributed by atoms with Crippen molar-refractivity contribution in [3.05, 3.63) is 58.6 Å². The molecule has 0 spiro atoms. The Morgan fingerprint density at radius 1 is 1.18 bits per heavy atom. The van der Waals surface area contributed by atoms with Crippen LogP contribution in [0.4, 0.5) is 5.69 Å². The van der Waals surface area contributed by atoms with Gasteiger partial charge < -0.3 is 10.1 Å². The summed E-state index contributed by atoms with van der Waals surface area (Å²) in [6.45, 7) is 5.48. The second kappa shape index (κ2) is 9.30. The summed E-state index contributed by atoms with van der Waals surface area (Å²) in [5.74, 6) is 0.318. The fourth-order valence-electron chi connectivity index (χ4n) is 2.56. The molecule has 0 aliphatic carbocycles. The first-order valence-electron chi connectivity index (χ1n) is 8.79. The first-order chi connectivity index (χ1) is 13.1. The van der Waals surface area contributed by atoms with Crippen LogP contribution in [0.15, 0.2) is 42.5 Å². The Balaban J connectivity index is 2.01. The van der Waals surface area contributed by atoms with Crippen molar-refractivity contribution in [3.8, 4) is 5.75 Å². The van der Waals surface area contributed by atoms with Gasteiger partial charge in [-0.15, -0.1) is 0 Å². The van der Waals surface area contributed by atoms with E-state index in [1.165, 1.54) is 6.07 Å². The number of ether oxygens (including phenoxy) is 1. The van der Waals surface area contributed by atoms with Gasteiger partial charge in [-0.1, -0.05) is 35.9 Å². The molecule has 0 aliphatic rings. The van der Waals surface area contributed by atoms with Gasteiger partial charge in [0.2, 0.25) is 15.9 Å². The van der Waals surface area contributed by atoms with E-state index >= 15 is 0 Å². The average Bonchev–Trinajstić information content (AvgIpc) is 2.60. The Labute approximate surface area is 171 Å². The normalized spacial score (nSPS) is 12.3. The van der Waals surface area contributed by atoms with E-state index in [1.54, 1.807) is 19.1 Å². The number of para-hydroxylation sites is 1. The number of halogens is 1. The maximum Gasteiger partial charge on any atom is 0.241 e. The van der Waals surface area contributed by atoms with Crippen molar-refractivity contribution in [3.63, 3.8) is 0 Å². The van der Waals surface area contributed by atoms with Gasteiger partial charge in [-0.25, -0.2) is 8.42 Å². The molecule has 0 saturated carbocycles. The summed E-state index contributed by atoms with van der Waals surface area (Å²) in [6.07, 6.45) is 1.05. The number of amides is 1. The zero-order chi connectivity index (χ0) is 20.9. The molecule has 0 aliphatic heterocycles. The summed E-state index contributed by atoms with van der Waals surface area (Å²) in [6, 6.07) is 12.2. The smallest absolute Gasteiger partial charge is 0.241 e. The van der Waals surface area contributed by atoms with Gasteiger partial charge in [0.25, 0.3) is 0 Å². The summed E-state index contributed by atoms with van der Waals surface area (Å²) in [7, 11) is -3.66. The van der Waals surface area contributed by atoms with Crippen LogP contribution in [0.5, 0.6) is 5.75 Å². The number of carbonyl (C=O) groups excluding carboxylic acids is 1. The van der Waals surface area contributed by atoms with Crippen LogP contribution in [-0.4, -0.2) is 39.8 Å². The van der Waals surface area contributed by atoms with Gasteiger partial charge in [0, 0.05) is 5.02 Å². The molecule has 0 heterocycles. The largest absolute Gasteiger partial charge is 0.491 e. The van der Waals surface area contributed by atoms with Crippen molar-refractivity contribution >= 4 is 33.2 Å². The number of rotatable bonds is 8. The molecule has 0 radical (unpaired) electrons. The molecule has 0 aromatic heterocycles. The molecular weight excluding hydrogens is 400 g/mol. The first kappa shape index (κ1) is 22.0. The highest BCUT2D eigenvalue weighted by molar-refractivity contribution is 7.92. The third kappa shape index (κ3) is 6.14. The molecule has 0 fully saturated rings. The van der Waals surface area contributed by atoms with Crippen LogP contribution in [0.2, 0.25) is 5.02 Å². The molecule has 1 unspecified atom stereocenters. The van der Waals surface area contributed by atoms with E-state index in [9.17, 15) is 13.2 Å². The minimum Gasteiger partial charge on any atom is -0.491 e. The van der Waals surface area contributed by atoms with Crippen LogP contribution < -0.4 is 14.4 Å². The number of hydrogen-bond acceptors (Lipinski definition) is 4. The van der Waals surface area contributed by atoms with Crippen LogP contribution in [0.3, 0.4) is 0 Å².